The van der Waals surface area contributed by atoms with E-state index >= 15 is 0 Å². The predicted molar refractivity (Wildman–Crippen MR) is 208 cm³/mol. The molecule has 0 radical (unpaired) electrons. The van der Waals surface area contributed by atoms with Gasteiger partial charge in [-0.05, 0) is 76.9 Å². The smallest absolute Gasteiger partial charge is 0.196 e. The van der Waals surface area contributed by atoms with Gasteiger partial charge in [0, 0.05) is 38.3 Å². The minimum atomic E-state index is -0.208. The molecule has 0 bridgehead atoms. The molecule has 10 rings (SSSR count). The SMILES string of the molecule is C1=CCC(C2=CCC(N(C3=c4sc5ccccc5c4=CCC3)c3ccc4ccc5ccc6c(c5c4c3)OC(c3ccccc3)N6)C=C2)C=C1. The van der Waals surface area contributed by atoms with Crippen LogP contribution in [0.25, 0.3) is 43.4 Å². The van der Waals surface area contributed by atoms with E-state index in [-0.39, 0.29) is 12.3 Å². The third kappa shape index (κ3) is 4.85. The minimum Gasteiger partial charge on any atom is -0.464 e. The molecule has 3 nitrogen and oxygen atoms in total. The van der Waals surface area contributed by atoms with Crippen LogP contribution in [0.2, 0.25) is 0 Å². The fourth-order valence-electron chi connectivity index (χ4n) is 8.20. The minimum absolute atomic E-state index is 0.208. The molecule has 3 unspecified atom stereocenters. The standard InChI is InChI=1S/C45H36N2OS/c1-3-10-29(11-4-1)30-20-24-34(25-21-30)47(40-16-9-15-37-36-14-7-8-17-41(36)49-44(37)40)35-26-22-31-18-19-32-23-27-39-43(42(32)38(31)28-35)48-45(46-39)33-12-5-2-6-13-33/h1-8,10,12-15,17-24,26-29,34,45-46H,9,11,16,25H2. The van der Waals surface area contributed by atoms with Crippen LogP contribution in [0.3, 0.4) is 0 Å². The van der Waals surface area contributed by atoms with Gasteiger partial charge in [-0.25, -0.2) is 0 Å². The van der Waals surface area contributed by atoms with Crippen molar-refractivity contribution in [2.24, 2.45) is 5.92 Å². The van der Waals surface area contributed by atoms with E-state index < -0.39 is 0 Å². The van der Waals surface area contributed by atoms with Crippen LogP contribution in [0.5, 0.6) is 5.75 Å². The zero-order chi connectivity index (χ0) is 32.3. The summed E-state index contributed by atoms with van der Waals surface area (Å²) in [6.07, 6.45) is 22.7. The molecule has 3 atom stereocenters. The van der Waals surface area contributed by atoms with E-state index in [1.165, 1.54) is 58.3 Å². The molecule has 0 amide bonds. The Bertz CT molecular complexity index is 2540. The lowest BCUT2D eigenvalue weighted by Gasteiger charge is -2.36. The van der Waals surface area contributed by atoms with Crippen molar-refractivity contribution >= 4 is 66.1 Å². The summed E-state index contributed by atoms with van der Waals surface area (Å²) in [5.74, 6) is 1.40. The van der Waals surface area contributed by atoms with Crippen molar-refractivity contribution in [3.8, 4) is 5.75 Å². The van der Waals surface area contributed by atoms with Crippen LogP contribution in [-0.4, -0.2) is 6.04 Å². The molecular formula is C45H36N2OS. The average molecular weight is 653 g/mol. The molecule has 1 N–H and O–H groups in total. The Morgan fingerprint density at radius 2 is 1.63 bits per heavy atom. The quantitative estimate of drug-likeness (QED) is 0.188. The van der Waals surface area contributed by atoms with Crippen molar-refractivity contribution in [2.75, 3.05) is 10.2 Å². The maximum Gasteiger partial charge on any atom is 0.196 e. The zero-order valence-corrected chi connectivity index (χ0v) is 28.0. The lowest BCUT2D eigenvalue weighted by molar-refractivity contribution is 0.263. The molecule has 1 aromatic heterocycles. The second-order valence-electron chi connectivity index (χ2n) is 13.5. The van der Waals surface area contributed by atoms with Gasteiger partial charge < -0.3 is 15.0 Å². The van der Waals surface area contributed by atoms with E-state index in [0.29, 0.717) is 5.92 Å². The predicted octanol–water partition coefficient (Wildman–Crippen LogP) is 10.3. The lowest BCUT2D eigenvalue weighted by atomic mass is 9.87. The summed E-state index contributed by atoms with van der Waals surface area (Å²) in [7, 11) is 0. The Morgan fingerprint density at radius 3 is 2.51 bits per heavy atom. The first-order valence-electron chi connectivity index (χ1n) is 17.5. The van der Waals surface area contributed by atoms with E-state index in [2.05, 4.69) is 150 Å². The van der Waals surface area contributed by atoms with Crippen molar-refractivity contribution in [3.63, 3.8) is 0 Å². The fraction of sp³-hybridized carbons (Fsp3) is 0.156. The highest BCUT2D eigenvalue weighted by molar-refractivity contribution is 7.17. The van der Waals surface area contributed by atoms with Gasteiger partial charge in [-0.2, -0.15) is 0 Å². The lowest BCUT2D eigenvalue weighted by Crippen LogP contribution is -2.40. The summed E-state index contributed by atoms with van der Waals surface area (Å²) in [5.41, 5.74) is 6.26. The van der Waals surface area contributed by atoms with Gasteiger partial charge >= 0.3 is 0 Å². The number of hydrogen-bond acceptors (Lipinski definition) is 4. The molecule has 238 valence electrons. The van der Waals surface area contributed by atoms with Crippen LogP contribution in [0.1, 0.15) is 37.5 Å². The first-order valence-corrected chi connectivity index (χ1v) is 18.3. The Labute approximate surface area is 290 Å². The molecule has 2 heterocycles. The van der Waals surface area contributed by atoms with Gasteiger partial charge in [0.2, 0.25) is 0 Å². The molecule has 0 fully saturated rings. The second-order valence-corrected chi connectivity index (χ2v) is 14.5. The van der Waals surface area contributed by atoms with Gasteiger partial charge in [0.15, 0.2) is 12.0 Å². The largest absolute Gasteiger partial charge is 0.464 e. The monoisotopic (exact) mass is 652 g/mol. The molecule has 49 heavy (non-hydrogen) atoms. The number of allylic oxidation sites excluding steroid dienone is 6. The number of thiophene rings is 1. The van der Waals surface area contributed by atoms with Crippen molar-refractivity contribution in [3.05, 3.63) is 160 Å². The topological polar surface area (TPSA) is 24.5 Å². The molecule has 5 aromatic carbocycles. The first kappa shape index (κ1) is 28.7. The van der Waals surface area contributed by atoms with Gasteiger partial charge in [0.05, 0.1) is 16.3 Å². The van der Waals surface area contributed by atoms with Crippen LogP contribution in [-0.2, 0) is 0 Å². The molecule has 0 saturated heterocycles. The molecule has 4 aliphatic rings. The van der Waals surface area contributed by atoms with Crippen molar-refractivity contribution in [1.29, 1.82) is 0 Å². The summed E-state index contributed by atoms with van der Waals surface area (Å²) in [6, 6.07) is 35.5. The first-order chi connectivity index (χ1) is 24.3. The number of anilines is 2. The highest BCUT2D eigenvalue weighted by Crippen LogP contribution is 2.46. The second kappa shape index (κ2) is 11.7. The number of ether oxygens (including phenoxy) is 1. The number of benzene rings is 5. The Kier molecular flexibility index (Phi) is 6.83. The van der Waals surface area contributed by atoms with E-state index in [1.54, 1.807) is 0 Å². The maximum absolute atomic E-state index is 6.74. The van der Waals surface area contributed by atoms with Crippen LogP contribution in [0.15, 0.2) is 145 Å². The number of rotatable bonds is 5. The fourth-order valence-corrected chi connectivity index (χ4v) is 9.48. The third-order valence-electron chi connectivity index (χ3n) is 10.6. The van der Waals surface area contributed by atoms with Gasteiger partial charge in [-0.1, -0.05) is 121 Å². The normalized spacial score (nSPS) is 20.9. The number of hydrogen-bond donors (Lipinski definition) is 1. The highest BCUT2D eigenvalue weighted by atomic mass is 32.1. The van der Waals surface area contributed by atoms with Gasteiger partial charge in [0.25, 0.3) is 0 Å². The number of nitrogens with one attached hydrogen (secondary N) is 1. The molecule has 3 aliphatic carbocycles. The van der Waals surface area contributed by atoms with Gasteiger partial charge in [-0.3, -0.25) is 0 Å². The van der Waals surface area contributed by atoms with Crippen LogP contribution in [0, 0.1) is 5.92 Å². The molecular weight excluding hydrogens is 617 g/mol. The summed E-state index contributed by atoms with van der Waals surface area (Å²) in [4.78, 5) is 2.66. The maximum atomic E-state index is 6.74. The Balaban J connectivity index is 1.14. The van der Waals surface area contributed by atoms with Crippen molar-refractivity contribution in [2.45, 2.75) is 38.0 Å². The summed E-state index contributed by atoms with van der Waals surface area (Å²) >= 11 is 1.94. The van der Waals surface area contributed by atoms with E-state index in [0.717, 1.165) is 42.7 Å². The third-order valence-corrected chi connectivity index (χ3v) is 11.8. The van der Waals surface area contributed by atoms with E-state index in [4.69, 9.17) is 4.74 Å². The summed E-state index contributed by atoms with van der Waals surface area (Å²) in [5, 5.41) is 11.2. The van der Waals surface area contributed by atoms with Crippen LogP contribution < -0.4 is 24.7 Å². The number of nitrogens with zero attached hydrogens (tertiary/aromatic N) is 1. The van der Waals surface area contributed by atoms with Crippen molar-refractivity contribution < 1.29 is 4.74 Å². The van der Waals surface area contributed by atoms with Gasteiger partial charge in [-0.15, -0.1) is 11.3 Å². The summed E-state index contributed by atoms with van der Waals surface area (Å²) in [6.45, 7) is 0. The molecule has 0 saturated carbocycles. The van der Waals surface area contributed by atoms with Crippen LogP contribution in [0.4, 0.5) is 11.4 Å². The van der Waals surface area contributed by atoms with E-state index in [1.807, 2.05) is 17.4 Å². The van der Waals surface area contributed by atoms with E-state index in [9.17, 15) is 0 Å². The molecule has 4 heteroatoms. The van der Waals surface area contributed by atoms with Crippen LogP contribution >= 0.6 is 11.3 Å². The molecule has 1 aliphatic heterocycles. The Morgan fingerprint density at radius 1 is 0.776 bits per heavy atom. The average Bonchev–Trinajstić information content (AvgIpc) is 3.78. The molecule has 0 spiro atoms. The van der Waals surface area contributed by atoms with Crippen molar-refractivity contribution in [1.82, 2.24) is 0 Å². The Hall–Kier alpha value is -5.32. The number of fused-ring (bicyclic) bond motifs is 8. The highest BCUT2D eigenvalue weighted by Gasteiger charge is 2.28. The van der Waals surface area contributed by atoms with Gasteiger partial charge in [0.1, 0.15) is 0 Å². The molecule has 6 aromatic rings. The summed E-state index contributed by atoms with van der Waals surface area (Å²) < 4.78 is 9.51. The zero-order valence-electron chi connectivity index (χ0n) is 27.2.